The van der Waals surface area contributed by atoms with Gasteiger partial charge < -0.3 is 9.69 Å². The van der Waals surface area contributed by atoms with E-state index in [1.807, 2.05) is 13.0 Å². The van der Waals surface area contributed by atoms with Crippen molar-refractivity contribution in [2.45, 2.75) is 44.6 Å². The number of hydrogen-bond acceptors (Lipinski definition) is 2. The Hall–Kier alpha value is -0.736. The monoisotopic (exact) mass is 314 g/mol. The predicted molar refractivity (Wildman–Crippen MR) is 70.1 cm³/mol. The molecule has 107 valence electrons. The minimum absolute atomic E-state index is 0. The van der Waals surface area contributed by atoms with Gasteiger partial charge in [0.15, 0.2) is 5.82 Å². The van der Waals surface area contributed by atoms with Crippen molar-refractivity contribution in [1.29, 1.82) is 0 Å². The summed E-state index contributed by atoms with van der Waals surface area (Å²) in [5.41, 5.74) is -0.391. The number of likely N-dealkylation sites (N-methyl/N-ethyl adjacent to an activating group) is 1. The molecule has 0 saturated heterocycles. The van der Waals surface area contributed by atoms with Gasteiger partial charge in [-0.2, -0.15) is 0 Å². The Morgan fingerprint density at radius 3 is 2.45 bits per heavy atom. The summed E-state index contributed by atoms with van der Waals surface area (Å²) in [4.78, 5) is 13.3. The summed E-state index contributed by atoms with van der Waals surface area (Å²) in [5.74, 6) is -1.45. The van der Waals surface area contributed by atoms with Crippen LogP contribution in [0.1, 0.15) is 39.0 Å². The molecule has 0 atom stereocenters. The first-order valence-electron chi connectivity index (χ1n) is 6.74. The Bertz CT molecular complexity index is 461. The Labute approximate surface area is 133 Å². The molecule has 0 amide bonds. The van der Waals surface area contributed by atoms with Crippen molar-refractivity contribution < 1.29 is 35.3 Å². The van der Waals surface area contributed by atoms with Gasteiger partial charge in [0.05, 0.1) is 17.3 Å². The van der Waals surface area contributed by atoms with E-state index in [0.29, 0.717) is 6.54 Å². The largest absolute Gasteiger partial charge is 0.357 e. The molecule has 1 fully saturated rings. The first-order valence-corrected chi connectivity index (χ1v) is 6.74. The van der Waals surface area contributed by atoms with Crippen molar-refractivity contribution in [1.82, 2.24) is 0 Å². The van der Waals surface area contributed by atoms with E-state index in [4.69, 9.17) is 0 Å². The average molecular weight is 314 g/mol. The quantitative estimate of drug-likeness (QED) is 0.626. The van der Waals surface area contributed by atoms with Gasteiger partial charge in [-0.15, -0.1) is 0 Å². The Morgan fingerprint density at radius 2 is 1.95 bits per heavy atom. The van der Waals surface area contributed by atoms with Gasteiger partial charge in [-0.1, -0.05) is 19.3 Å². The van der Waals surface area contributed by atoms with Crippen LogP contribution in [-0.4, -0.2) is 18.4 Å². The van der Waals surface area contributed by atoms with E-state index in [1.165, 1.54) is 12.1 Å². The number of benzene rings is 1. The van der Waals surface area contributed by atoms with E-state index >= 15 is 0 Å². The molecule has 2 rings (SSSR count). The first kappa shape index (κ1) is 17.3. The van der Waals surface area contributed by atoms with Gasteiger partial charge in [0, 0.05) is 28.3 Å². The van der Waals surface area contributed by atoms with E-state index in [9.17, 15) is 13.6 Å². The third kappa shape index (κ3) is 3.29. The van der Waals surface area contributed by atoms with Crippen molar-refractivity contribution in [3.8, 4) is 0 Å². The minimum atomic E-state index is -0.728. The maximum absolute atomic E-state index is 13.9. The van der Waals surface area contributed by atoms with Gasteiger partial charge in [0.1, 0.15) is 12.1 Å². The number of rotatable bonds is 4. The molecule has 0 unspecified atom stereocenters. The summed E-state index contributed by atoms with van der Waals surface area (Å²) >= 11 is 0. The van der Waals surface area contributed by atoms with Crippen molar-refractivity contribution in [3.05, 3.63) is 29.8 Å². The van der Waals surface area contributed by atoms with Crippen molar-refractivity contribution in [2.75, 3.05) is 11.4 Å². The standard InChI is InChI=1S/C15H18F2NO.Ti/c1-2-18(14-7-6-12(16)10-13(14)17)15(11-19)8-4-3-5-9-15;/h6-7,11H,2-5,8-9H2,1H3;. The topological polar surface area (TPSA) is 20.3 Å². The second kappa shape index (κ2) is 7.32. The van der Waals surface area contributed by atoms with Crippen LogP contribution in [0.5, 0.6) is 0 Å². The second-order valence-electron chi connectivity index (χ2n) is 5.03. The van der Waals surface area contributed by atoms with Gasteiger partial charge in [-0.05, 0) is 31.9 Å². The number of hydrogen-bond donors (Lipinski definition) is 0. The summed E-state index contributed by atoms with van der Waals surface area (Å²) in [7, 11) is 0. The summed E-state index contributed by atoms with van der Waals surface area (Å²) in [6.07, 6.45) is 5.40. The number of aldehydes is 1. The zero-order valence-electron chi connectivity index (χ0n) is 11.6. The maximum Gasteiger partial charge on any atom is 0.157 e. The zero-order chi connectivity index (χ0) is 13.9. The number of carbonyl (C=O) groups is 1. The van der Waals surface area contributed by atoms with Crippen LogP contribution >= 0.6 is 0 Å². The molecular formula is C15H18F2NOTi. The fourth-order valence-corrected chi connectivity index (χ4v) is 2.98. The molecule has 20 heavy (non-hydrogen) atoms. The normalized spacial score (nSPS) is 17.1. The molecule has 0 bridgehead atoms. The summed E-state index contributed by atoms with van der Waals surface area (Å²) in [6, 6.07) is 4.62. The zero-order valence-corrected chi connectivity index (χ0v) is 13.1. The third-order valence-electron chi connectivity index (χ3n) is 3.92. The molecule has 0 spiro atoms. The van der Waals surface area contributed by atoms with Crippen LogP contribution in [0.3, 0.4) is 0 Å². The van der Waals surface area contributed by atoms with Crippen LogP contribution in [-0.2, 0) is 26.5 Å². The number of anilines is 1. The number of nitrogens with zero attached hydrogens (tertiary/aromatic N) is 1. The molecule has 5 heteroatoms. The maximum atomic E-state index is 13.9. The van der Waals surface area contributed by atoms with Gasteiger partial charge >= 0.3 is 0 Å². The van der Waals surface area contributed by atoms with Crippen LogP contribution in [0.15, 0.2) is 12.1 Å². The summed E-state index contributed by atoms with van der Waals surface area (Å²) < 4.78 is 26.8. The van der Waals surface area contributed by atoms with E-state index in [-0.39, 0.29) is 27.4 Å². The number of carbonyl (C=O) groups excluding carboxylic acids is 1. The van der Waals surface area contributed by atoms with Crippen molar-refractivity contribution >= 4 is 12.0 Å². The second-order valence-corrected chi connectivity index (χ2v) is 5.03. The Kier molecular flexibility index (Phi) is 6.34. The SMILES string of the molecule is CCN(c1ccc(F)[c]c1F)C1(C=O)CCCCC1.[Ti]. The molecule has 1 aliphatic rings. The van der Waals surface area contributed by atoms with Crippen LogP contribution in [0.4, 0.5) is 14.5 Å². The predicted octanol–water partition coefficient (Wildman–Crippen LogP) is 3.49. The fraction of sp³-hybridized carbons (Fsp3) is 0.533. The molecule has 1 aromatic carbocycles. The van der Waals surface area contributed by atoms with E-state index < -0.39 is 17.2 Å². The van der Waals surface area contributed by atoms with Gasteiger partial charge in [-0.3, -0.25) is 0 Å². The van der Waals surface area contributed by atoms with Gasteiger partial charge in [0.2, 0.25) is 0 Å². The minimum Gasteiger partial charge on any atom is -0.357 e. The van der Waals surface area contributed by atoms with Crippen LogP contribution in [0, 0.1) is 17.7 Å². The van der Waals surface area contributed by atoms with E-state index in [1.54, 1.807) is 4.90 Å². The molecule has 0 heterocycles. The molecule has 2 nitrogen and oxygen atoms in total. The van der Waals surface area contributed by atoms with Gasteiger partial charge in [-0.25, -0.2) is 8.78 Å². The van der Waals surface area contributed by atoms with Crippen LogP contribution in [0.25, 0.3) is 0 Å². The van der Waals surface area contributed by atoms with Crippen molar-refractivity contribution in [3.63, 3.8) is 0 Å². The average Bonchev–Trinajstić information content (AvgIpc) is 2.43. The smallest absolute Gasteiger partial charge is 0.157 e. The van der Waals surface area contributed by atoms with Crippen LogP contribution in [0.2, 0.25) is 0 Å². The fourth-order valence-electron chi connectivity index (χ4n) is 2.98. The first-order chi connectivity index (χ1) is 9.13. The molecule has 0 aliphatic heterocycles. The molecule has 1 aromatic rings. The van der Waals surface area contributed by atoms with E-state index in [2.05, 4.69) is 0 Å². The van der Waals surface area contributed by atoms with Gasteiger partial charge in [0.25, 0.3) is 0 Å². The molecular weight excluding hydrogens is 296 g/mol. The molecule has 0 N–H and O–H groups in total. The van der Waals surface area contributed by atoms with E-state index in [0.717, 1.165) is 38.4 Å². The molecule has 1 saturated carbocycles. The molecule has 0 aromatic heterocycles. The Balaban J connectivity index is 0.00000200. The molecule has 1 aliphatic carbocycles. The Morgan fingerprint density at radius 1 is 1.30 bits per heavy atom. The molecule has 1 radical (unpaired) electrons. The third-order valence-corrected chi connectivity index (χ3v) is 3.92. The van der Waals surface area contributed by atoms with Crippen molar-refractivity contribution in [2.24, 2.45) is 0 Å². The summed E-state index contributed by atoms with van der Waals surface area (Å²) in [5, 5.41) is 0. The van der Waals surface area contributed by atoms with Crippen LogP contribution < -0.4 is 4.90 Å². The summed E-state index contributed by atoms with van der Waals surface area (Å²) in [6.45, 7) is 2.39. The number of halogens is 2.